The van der Waals surface area contributed by atoms with Gasteiger partial charge in [0, 0.05) is 33.9 Å². The van der Waals surface area contributed by atoms with Crippen LogP contribution < -0.4 is 5.32 Å². The summed E-state index contributed by atoms with van der Waals surface area (Å²) in [5.41, 5.74) is 10.4. The quantitative estimate of drug-likeness (QED) is 0.223. The molecule has 0 bridgehead atoms. The lowest BCUT2D eigenvalue weighted by Gasteiger charge is -2.12. The van der Waals surface area contributed by atoms with E-state index in [0.717, 1.165) is 67.6 Å². The van der Waals surface area contributed by atoms with Gasteiger partial charge in [0.25, 0.3) is 0 Å². The van der Waals surface area contributed by atoms with Gasteiger partial charge in [0.1, 0.15) is 11.6 Å². The Morgan fingerprint density at radius 2 is 0.744 bits per heavy atom. The van der Waals surface area contributed by atoms with Crippen LogP contribution in [0.4, 0.5) is 11.4 Å². The Kier molecular flexibility index (Phi) is 6.05. The van der Waals surface area contributed by atoms with E-state index in [9.17, 15) is 0 Å². The van der Waals surface area contributed by atoms with Crippen LogP contribution in [0.15, 0.2) is 158 Å². The number of benzene rings is 6. The fourth-order valence-electron chi connectivity index (χ4n) is 5.69. The minimum absolute atomic E-state index is 0.921. The van der Waals surface area contributed by atoms with Crippen molar-refractivity contribution in [1.29, 1.82) is 0 Å². The van der Waals surface area contributed by atoms with Crippen LogP contribution in [-0.2, 0) is 0 Å². The molecule has 0 saturated heterocycles. The summed E-state index contributed by atoms with van der Waals surface area (Å²) in [6, 6.07) is 54.2. The topological polar surface area (TPSA) is 47.7 Å². The van der Waals surface area contributed by atoms with Gasteiger partial charge in [-0.25, -0.2) is 9.97 Å². The van der Waals surface area contributed by atoms with Gasteiger partial charge in [-0.2, -0.15) is 0 Å². The molecule has 0 spiro atoms. The molecule has 0 aliphatic carbocycles. The molecule has 1 N–H and O–H groups in total. The zero-order valence-electron chi connectivity index (χ0n) is 23.3. The molecule has 0 aliphatic heterocycles. The fraction of sp³-hybridized carbons (Fsp3) is 0. The molecule has 43 heavy (non-hydrogen) atoms. The van der Waals surface area contributed by atoms with E-state index in [0.29, 0.717) is 0 Å². The molecule has 8 rings (SSSR count). The second-order valence-electron chi connectivity index (χ2n) is 10.5. The van der Waals surface area contributed by atoms with Crippen LogP contribution in [0.1, 0.15) is 0 Å². The van der Waals surface area contributed by atoms with E-state index < -0.39 is 0 Å². The highest BCUT2D eigenvalue weighted by atomic mass is 15.1. The Hall–Kier alpha value is -5.94. The van der Waals surface area contributed by atoms with Gasteiger partial charge in [-0.15, -0.1) is 0 Å². The second-order valence-corrected chi connectivity index (χ2v) is 10.5. The molecule has 0 fully saturated rings. The Morgan fingerprint density at radius 3 is 1.16 bits per heavy atom. The molecule has 5 heteroatoms. The summed E-state index contributed by atoms with van der Waals surface area (Å²) in [4.78, 5) is 9.98. The summed E-state index contributed by atoms with van der Waals surface area (Å²) < 4.78 is 4.44. The van der Waals surface area contributed by atoms with Gasteiger partial charge in [-0.05, 0) is 97.1 Å². The van der Waals surface area contributed by atoms with Crippen LogP contribution >= 0.6 is 0 Å². The minimum Gasteiger partial charge on any atom is -0.356 e. The van der Waals surface area contributed by atoms with Crippen LogP contribution in [0, 0.1) is 0 Å². The van der Waals surface area contributed by atoms with Crippen LogP contribution in [0.5, 0.6) is 0 Å². The monoisotopic (exact) mass is 553 g/mol. The van der Waals surface area contributed by atoms with Crippen LogP contribution in [-0.4, -0.2) is 19.1 Å². The smallest absolute Gasteiger partial charge is 0.145 e. The summed E-state index contributed by atoms with van der Waals surface area (Å²) >= 11 is 0. The Balaban J connectivity index is 1.09. The maximum absolute atomic E-state index is 4.99. The van der Waals surface area contributed by atoms with E-state index in [4.69, 9.17) is 9.97 Å². The van der Waals surface area contributed by atoms with Gasteiger partial charge < -0.3 is 5.32 Å². The number of fused-ring (bicyclic) bond motifs is 2. The first-order valence-electron chi connectivity index (χ1n) is 14.4. The third kappa shape index (κ3) is 4.53. The lowest BCUT2D eigenvalue weighted by atomic mass is 10.1. The second kappa shape index (κ2) is 10.5. The molecular formula is C38H27N5. The van der Waals surface area contributed by atoms with Gasteiger partial charge in [0.15, 0.2) is 0 Å². The highest BCUT2D eigenvalue weighted by Gasteiger charge is 2.15. The number of para-hydroxylation sites is 6. The molecule has 0 unspecified atom stereocenters. The molecule has 0 saturated carbocycles. The van der Waals surface area contributed by atoms with Crippen LogP contribution in [0.25, 0.3) is 56.2 Å². The Labute approximate surface area is 249 Å². The third-order valence-corrected chi connectivity index (χ3v) is 7.73. The largest absolute Gasteiger partial charge is 0.356 e. The van der Waals surface area contributed by atoms with Gasteiger partial charge in [-0.1, -0.05) is 60.7 Å². The van der Waals surface area contributed by atoms with Crippen molar-refractivity contribution < 1.29 is 0 Å². The number of imidazole rings is 2. The highest BCUT2D eigenvalue weighted by Crippen LogP contribution is 2.32. The molecule has 0 amide bonds. The van der Waals surface area contributed by atoms with Crippen LogP contribution in [0.2, 0.25) is 0 Å². The fourth-order valence-corrected chi connectivity index (χ4v) is 5.69. The maximum Gasteiger partial charge on any atom is 0.145 e. The minimum atomic E-state index is 0.921. The molecule has 204 valence electrons. The van der Waals surface area contributed by atoms with Gasteiger partial charge in [0.2, 0.25) is 0 Å². The molecule has 2 heterocycles. The SMILES string of the molecule is c1ccc(-n2c(-c3ccc(Nc4ccc(-c5nc6ccccc6n5-c5ccccc5)cc4)cc3)nc3ccccc32)cc1. The van der Waals surface area contributed by atoms with Gasteiger partial charge >= 0.3 is 0 Å². The molecule has 0 aliphatic rings. The zero-order valence-corrected chi connectivity index (χ0v) is 23.3. The first kappa shape index (κ1) is 24.8. The number of rotatable bonds is 6. The van der Waals surface area contributed by atoms with E-state index in [1.165, 1.54) is 0 Å². The van der Waals surface area contributed by atoms with Crippen LogP contribution in [0.3, 0.4) is 0 Å². The molecule has 8 aromatic rings. The molecule has 5 nitrogen and oxygen atoms in total. The van der Waals surface area contributed by atoms with Gasteiger partial charge in [-0.3, -0.25) is 9.13 Å². The van der Waals surface area contributed by atoms with Crippen molar-refractivity contribution in [3.8, 4) is 34.2 Å². The van der Waals surface area contributed by atoms with Crippen molar-refractivity contribution in [3.05, 3.63) is 158 Å². The summed E-state index contributed by atoms with van der Waals surface area (Å²) in [7, 11) is 0. The van der Waals surface area contributed by atoms with E-state index >= 15 is 0 Å². The lowest BCUT2D eigenvalue weighted by Crippen LogP contribution is -1.98. The Morgan fingerprint density at radius 1 is 0.372 bits per heavy atom. The molecule has 6 aromatic carbocycles. The number of nitrogens with zero attached hydrogens (tertiary/aromatic N) is 4. The molecule has 2 aromatic heterocycles. The number of hydrogen-bond acceptors (Lipinski definition) is 3. The highest BCUT2D eigenvalue weighted by molar-refractivity contribution is 5.85. The van der Waals surface area contributed by atoms with E-state index in [1.807, 2.05) is 24.3 Å². The van der Waals surface area contributed by atoms with Crippen molar-refractivity contribution in [1.82, 2.24) is 19.1 Å². The third-order valence-electron chi connectivity index (χ3n) is 7.73. The maximum atomic E-state index is 4.99. The summed E-state index contributed by atoms with van der Waals surface area (Å²) in [6.07, 6.45) is 0. The van der Waals surface area contributed by atoms with Crippen molar-refractivity contribution in [3.63, 3.8) is 0 Å². The molecule has 0 radical (unpaired) electrons. The molecule has 0 atom stereocenters. The van der Waals surface area contributed by atoms with Gasteiger partial charge in [0.05, 0.1) is 22.1 Å². The van der Waals surface area contributed by atoms with E-state index in [2.05, 4.69) is 148 Å². The first-order chi connectivity index (χ1) is 21.3. The van der Waals surface area contributed by atoms with Crippen molar-refractivity contribution >= 4 is 33.4 Å². The summed E-state index contributed by atoms with van der Waals surface area (Å²) in [5, 5.41) is 3.55. The number of nitrogens with one attached hydrogen (secondary N) is 1. The standard InChI is InChI=1S/C38H27N5/c1-3-11-31(12-4-1)42-35-17-9-7-15-33(35)40-37(42)27-19-23-29(24-20-27)39-30-25-21-28(22-26-30)38-41-34-16-8-10-18-36(34)43(38)32-13-5-2-6-14-32/h1-26,39H. The first-order valence-corrected chi connectivity index (χ1v) is 14.4. The van der Waals surface area contributed by atoms with E-state index in [1.54, 1.807) is 0 Å². The van der Waals surface area contributed by atoms with Crippen molar-refractivity contribution in [2.75, 3.05) is 5.32 Å². The van der Waals surface area contributed by atoms with E-state index in [-0.39, 0.29) is 0 Å². The predicted molar refractivity (Wildman–Crippen MR) is 176 cm³/mol. The van der Waals surface area contributed by atoms with Crippen molar-refractivity contribution in [2.45, 2.75) is 0 Å². The zero-order chi connectivity index (χ0) is 28.6. The normalized spacial score (nSPS) is 11.3. The summed E-state index contributed by atoms with van der Waals surface area (Å²) in [5.74, 6) is 1.84. The average molecular weight is 554 g/mol. The number of aromatic nitrogens is 4. The lowest BCUT2D eigenvalue weighted by molar-refractivity contribution is 1.10. The number of hydrogen-bond donors (Lipinski definition) is 1. The molecular weight excluding hydrogens is 526 g/mol. The average Bonchev–Trinajstić information content (AvgIpc) is 3.66. The summed E-state index contributed by atoms with van der Waals surface area (Å²) in [6.45, 7) is 0. The number of anilines is 2. The van der Waals surface area contributed by atoms with Crippen molar-refractivity contribution in [2.24, 2.45) is 0 Å². The predicted octanol–water partition coefficient (Wildman–Crippen LogP) is 9.44. The Bertz CT molecular complexity index is 2020.